The van der Waals surface area contributed by atoms with Crippen molar-refractivity contribution in [3.63, 3.8) is 0 Å². The summed E-state index contributed by atoms with van der Waals surface area (Å²) < 4.78 is 21.3. The summed E-state index contributed by atoms with van der Waals surface area (Å²) in [6.45, 7) is 11.0. The molecule has 0 unspecified atom stereocenters. The van der Waals surface area contributed by atoms with E-state index in [1.165, 1.54) is 0 Å². The molecule has 0 aromatic heterocycles. The number of nitrogen functional groups attached to an aromatic ring is 2. The molecule has 0 fully saturated rings. The normalized spacial score (nSPS) is 11.4. The summed E-state index contributed by atoms with van der Waals surface area (Å²) in [6.07, 6.45) is -1.50. The molecule has 220 valence electrons. The number of ether oxygens (including phenoxy) is 4. The zero-order valence-electron chi connectivity index (χ0n) is 24.5. The van der Waals surface area contributed by atoms with Crippen LogP contribution in [0.5, 0.6) is 0 Å². The van der Waals surface area contributed by atoms with Crippen LogP contribution in [0.4, 0.5) is 43.7 Å². The maximum Gasteiger partial charge on any atom is 0.510 e. The fourth-order valence-corrected chi connectivity index (χ4v) is 3.72. The fraction of sp³-hybridized carbons (Fsp3) is 0.355. The van der Waals surface area contributed by atoms with Gasteiger partial charge in [-0.05, 0) is 114 Å². The standard InChI is InChI=1S/C31H40N4O6/c1-30(2,3)40-28(36)38-20-19-34(24-11-7-22(32)8-12-24)25-15-17-27(18-16-25)35(26-13-9-23(33)10-14-26)21-39-29(37)41-31(4,5)6/h7-18H,19-21,32-33H2,1-6H3. The van der Waals surface area contributed by atoms with Crippen molar-refractivity contribution < 1.29 is 28.5 Å². The van der Waals surface area contributed by atoms with Gasteiger partial charge in [-0.1, -0.05) is 0 Å². The van der Waals surface area contributed by atoms with Crippen LogP contribution in [0.1, 0.15) is 41.5 Å². The molecule has 0 atom stereocenters. The van der Waals surface area contributed by atoms with Crippen LogP contribution in [0.2, 0.25) is 0 Å². The van der Waals surface area contributed by atoms with Gasteiger partial charge in [0.15, 0.2) is 6.73 Å². The van der Waals surface area contributed by atoms with Gasteiger partial charge < -0.3 is 40.2 Å². The molecule has 3 rings (SSSR count). The average Bonchev–Trinajstić information content (AvgIpc) is 2.87. The van der Waals surface area contributed by atoms with E-state index in [4.69, 9.17) is 30.4 Å². The van der Waals surface area contributed by atoms with E-state index in [0.717, 1.165) is 22.7 Å². The number of rotatable bonds is 9. The predicted octanol–water partition coefficient (Wildman–Crippen LogP) is 6.99. The fourth-order valence-electron chi connectivity index (χ4n) is 3.72. The largest absolute Gasteiger partial charge is 0.510 e. The highest BCUT2D eigenvalue weighted by Gasteiger charge is 2.21. The van der Waals surface area contributed by atoms with Crippen LogP contribution in [0.3, 0.4) is 0 Å². The predicted molar refractivity (Wildman–Crippen MR) is 162 cm³/mol. The molecule has 0 saturated heterocycles. The van der Waals surface area contributed by atoms with Gasteiger partial charge in [-0.2, -0.15) is 0 Å². The molecule has 0 bridgehead atoms. The molecule has 0 aliphatic carbocycles. The topological polar surface area (TPSA) is 130 Å². The Morgan fingerprint density at radius 1 is 0.585 bits per heavy atom. The van der Waals surface area contributed by atoms with Crippen molar-refractivity contribution in [3.8, 4) is 0 Å². The Morgan fingerprint density at radius 2 is 0.927 bits per heavy atom. The second kappa shape index (κ2) is 13.2. The minimum Gasteiger partial charge on any atom is -0.432 e. The molecular weight excluding hydrogens is 524 g/mol. The average molecular weight is 565 g/mol. The lowest BCUT2D eigenvalue weighted by atomic mass is 10.2. The first-order chi connectivity index (χ1) is 19.2. The van der Waals surface area contributed by atoms with Gasteiger partial charge in [-0.3, -0.25) is 0 Å². The SMILES string of the molecule is CC(C)(C)OC(=O)OCCN(c1ccc(N)cc1)c1ccc(N(COC(=O)OC(C)(C)C)c2ccc(N)cc2)cc1. The number of carbonyl (C=O) groups excluding carboxylic acids is 2. The molecule has 0 saturated carbocycles. The lowest BCUT2D eigenvalue weighted by Gasteiger charge is -2.28. The monoisotopic (exact) mass is 564 g/mol. The molecule has 41 heavy (non-hydrogen) atoms. The molecule has 0 aliphatic rings. The van der Waals surface area contributed by atoms with Crippen LogP contribution in [0, 0.1) is 0 Å². The zero-order chi connectivity index (χ0) is 30.2. The van der Waals surface area contributed by atoms with Crippen molar-refractivity contribution in [2.75, 3.05) is 41.1 Å². The summed E-state index contributed by atoms with van der Waals surface area (Å²) in [4.78, 5) is 28.2. The second-order valence-corrected chi connectivity index (χ2v) is 11.3. The van der Waals surface area contributed by atoms with Crippen molar-refractivity contribution in [2.45, 2.75) is 52.7 Å². The van der Waals surface area contributed by atoms with Crippen LogP contribution >= 0.6 is 0 Å². The lowest BCUT2D eigenvalue weighted by Crippen LogP contribution is -2.29. The number of anilines is 6. The van der Waals surface area contributed by atoms with Crippen molar-refractivity contribution in [1.82, 2.24) is 0 Å². The van der Waals surface area contributed by atoms with E-state index in [1.807, 2.05) is 70.5 Å². The Labute approximate surface area is 241 Å². The van der Waals surface area contributed by atoms with Crippen LogP contribution in [-0.4, -0.2) is 43.4 Å². The number of nitrogens with two attached hydrogens (primary N) is 2. The Kier molecular flexibility index (Phi) is 9.94. The summed E-state index contributed by atoms with van der Waals surface area (Å²) in [6, 6.07) is 22.3. The van der Waals surface area contributed by atoms with Crippen LogP contribution < -0.4 is 21.3 Å². The minimum absolute atomic E-state index is 0.0798. The smallest absolute Gasteiger partial charge is 0.432 e. The first-order valence-electron chi connectivity index (χ1n) is 13.3. The highest BCUT2D eigenvalue weighted by atomic mass is 16.7. The minimum atomic E-state index is -0.769. The van der Waals surface area contributed by atoms with Crippen molar-refractivity contribution in [3.05, 3.63) is 72.8 Å². The van der Waals surface area contributed by atoms with E-state index in [-0.39, 0.29) is 13.3 Å². The van der Waals surface area contributed by atoms with Gasteiger partial charge in [0, 0.05) is 34.1 Å². The molecule has 3 aromatic carbocycles. The number of nitrogens with zero attached hydrogens (tertiary/aromatic N) is 2. The summed E-state index contributed by atoms with van der Waals surface area (Å²) >= 11 is 0. The molecule has 0 spiro atoms. The molecule has 10 nitrogen and oxygen atoms in total. The highest BCUT2D eigenvalue weighted by molar-refractivity contribution is 5.71. The molecule has 0 amide bonds. The number of hydrogen-bond acceptors (Lipinski definition) is 10. The summed E-state index contributed by atoms with van der Waals surface area (Å²) in [5.74, 6) is 0. The summed E-state index contributed by atoms with van der Waals surface area (Å²) in [7, 11) is 0. The van der Waals surface area contributed by atoms with E-state index in [2.05, 4.69) is 0 Å². The van der Waals surface area contributed by atoms with Gasteiger partial charge in [0.05, 0.1) is 6.54 Å². The highest BCUT2D eigenvalue weighted by Crippen LogP contribution is 2.31. The van der Waals surface area contributed by atoms with Gasteiger partial charge >= 0.3 is 12.3 Å². The molecule has 10 heteroatoms. The van der Waals surface area contributed by atoms with Crippen LogP contribution in [-0.2, 0) is 18.9 Å². The van der Waals surface area contributed by atoms with Gasteiger partial charge in [-0.25, -0.2) is 9.59 Å². The van der Waals surface area contributed by atoms with Crippen LogP contribution in [0.15, 0.2) is 72.8 Å². The Morgan fingerprint density at radius 3 is 1.32 bits per heavy atom. The Bertz CT molecular complexity index is 1280. The molecule has 0 aliphatic heterocycles. The summed E-state index contributed by atoms with van der Waals surface area (Å²) in [5.41, 5.74) is 15.0. The van der Waals surface area contributed by atoms with Crippen molar-refractivity contribution in [2.24, 2.45) is 0 Å². The number of hydrogen-bond donors (Lipinski definition) is 2. The van der Waals surface area contributed by atoms with Gasteiger partial charge in [0.25, 0.3) is 0 Å². The maximum atomic E-state index is 12.3. The number of benzene rings is 3. The third kappa shape index (κ3) is 10.1. The van der Waals surface area contributed by atoms with Crippen molar-refractivity contribution in [1.29, 1.82) is 0 Å². The van der Waals surface area contributed by atoms with E-state index in [0.29, 0.717) is 17.9 Å². The molecular formula is C31H40N4O6. The third-order valence-electron chi connectivity index (χ3n) is 5.51. The quantitative estimate of drug-likeness (QED) is 0.159. The van der Waals surface area contributed by atoms with E-state index < -0.39 is 23.5 Å². The van der Waals surface area contributed by atoms with E-state index in [9.17, 15) is 9.59 Å². The van der Waals surface area contributed by atoms with Gasteiger partial charge in [-0.15, -0.1) is 0 Å². The molecule has 3 aromatic rings. The lowest BCUT2D eigenvalue weighted by molar-refractivity contribution is -0.00716. The van der Waals surface area contributed by atoms with Gasteiger partial charge in [0.1, 0.15) is 17.8 Å². The van der Waals surface area contributed by atoms with Gasteiger partial charge in [0.2, 0.25) is 0 Å². The van der Waals surface area contributed by atoms with Crippen LogP contribution in [0.25, 0.3) is 0 Å². The molecule has 4 N–H and O–H groups in total. The Balaban J connectivity index is 1.83. The van der Waals surface area contributed by atoms with E-state index >= 15 is 0 Å². The van der Waals surface area contributed by atoms with Crippen molar-refractivity contribution >= 4 is 46.4 Å². The molecule has 0 radical (unpaired) electrons. The Hall–Kier alpha value is -4.60. The second-order valence-electron chi connectivity index (χ2n) is 11.3. The molecule has 0 heterocycles. The van der Waals surface area contributed by atoms with E-state index in [1.54, 1.807) is 53.7 Å². The zero-order valence-corrected chi connectivity index (χ0v) is 24.5. The first-order valence-corrected chi connectivity index (χ1v) is 13.3. The maximum absolute atomic E-state index is 12.3. The third-order valence-corrected chi connectivity index (χ3v) is 5.51. The summed E-state index contributed by atoms with van der Waals surface area (Å²) in [5, 5.41) is 0. The number of carbonyl (C=O) groups is 2. The first kappa shape index (κ1) is 30.9.